The number of ether oxygens (including phenoxy) is 2. The van der Waals surface area contributed by atoms with Crippen molar-refractivity contribution in [3.8, 4) is 11.5 Å². The molecule has 1 N–H and O–H groups in total. The lowest BCUT2D eigenvalue weighted by atomic mass is 10.1. The number of aryl methyl sites for hydroxylation is 1. The van der Waals surface area contributed by atoms with E-state index in [0.717, 1.165) is 16.9 Å². The number of aliphatic imine (C=N–C) groups is 1. The Hall–Kier alpha value is -3.87. The molecule has 0 bridgehead atoms. The Morgan fingerprint density at radius 1 is 1.07 bits per heavy atom. The standard InChI is InChI=1S/C23H21N3O4/c1-15-4-3-5-19(12-15)29-11-10-28-18-8-6-17(7-9-18)14-20-22(24)26-21(25-23(20)27)13-16(2)30-26/h3-9,12-14,24H,10-11H2,1-2H3/b20-14+,24-22?. The number of hydrogen-bond acceptors (Lipinski definition) is 5. The van der Waals surface area contributed by atoms with Crippen LogP contribution in [0.5, 0.6) is 11.5 Å². The molecule has 0 fully saturated rings. The number of benzene rings is 2. The highest BCUT2D eigenvalue weighted by Crippen LogP contribution is 2.24. The molecule has 7 heteroatoms. The predicted octanol–water partition coefficient (Wildman–Crippen LogP) is 3.90. The summed E-state index contributed by atoms with van der Waals surface area (Å²) in [7, 11) is 0. The molecule has 7 nitrogen and oxygen atoms in total. The highest BCUT2D eigenvalue weighted by molar-refractivity contribution is 6.32. The van der Waals surface area contributed by atoms with E-state index in [-0.39, 0.29) is 11.4 Å². The first-order valence-electron chi connectivity index (χ1n) is 9.52. The van der Waals surface area contributed by atoms with Gasteiger partial charge in [0.2, 0.25) is 0 Å². The van der Waals surface area contributed by atoms with E-state index in [0.29, 0.717) is 30.6 Å². The molecule has 2 aliphatic heterocycles. The van der Waals surface area contributed by atoms with Crippen LogP contribution in [0, 0.1) is 12.3 Å². The lowest BCUT2D eigenvalue weighted by molar-refractivity contribution is -0.114. The second kappa shape index (κ2) is 8.24. The maximum Gasteiger partial charge on any atom is 0.282 e. The van der Waals surface area contributed by atoms with Crippen LogP contribution in [0.15, 0.2) is 70.9 Å². The molecule has 0 aliphatic carbocycles. The number of fused-ring (bicyclic) bond motifs is 1. The van der Waals surface area contributed by atoms with Crippen molar-refractivity contribution in [1.82, 2.24) is 5.06 Å². The van der Waals surface area contributed by atoms with Gasteiger partial charge in [-0.3, -0.25) is 10.2 Å². The van der Waals surface area contributed by atoms with E-state index in [1.54, 1.807) is 19.1 Å². The van der Waals surface area contributed by atoms with E-state index >= 15 is 0 Å². The van der Waals surface area contributed by atoms with Crippen LogP contribution in [0.1, 0.15) is 18.1 Å². The van der Waals surface area contributed by atoms with Gasteiger partial charge in [0.1, 0.15) is 30.5 Å². The molecule has 4 rings (SSSR count). The van der Waals surface area contributed by atoms with E-state index in [1.807, 2.05) is 55.5 Å². The molecule has 0 atom stereocenters. The van der Waals surface area contributed by atoms with Crippen molar-refractivity contribution in [2.24, 2.45) is 4.99 Å². The first-order valence-corrected chi connectivity index (χ1v) is 9.52. The first kappa shape index (κ1) is 19.4. The molecule has 0 saturated carbocycles. The lowest BCUT2D eigenvalue weighted by Gasteiger charge is -2.22. The van der Waals surface area contributed by atoms with Crippen molar-refractivity contribution in [2.45, 2.75) is 13.8 Å². The Balaban J connectivity index is 1.35. The van der Waals surface area contributed by atoms with Crippen molar-refractivity contribution >= 4 is 23.7 Å². The second-order valence-electron chi connectivity index (χ2n) is 6.90. The van der Waals surface area contributed by atoms with E-state index in [4.69, 9.17) is 19.7 Å². The molecule has 0 spiro atoms. The molecule has 152 valence electrons. The Bertz CT molecular complexity index is 1080. The molecule has 2 aromatic carbocycles. The second-order valence-corrected chi connectivity index (χ2v) is 6.90. The fourth-order valence-electron chi connectivity index (χ4n) is 3.05. The molecule has 2 aliphatic rings. The highest BCUT2D eigenvalue weighted by atomic mass is 16.7. The number of hydrogen-bond donors (Lipinski definition) is 1. The van der Waals surface area contributed by atoms with Gasteiger partial charge in [-0.1, -0.05) is 24.3 Å². The van der Waals surface area contributed by atoms with Gasteiger partial charge in [0.25, 0.3) is 5.91 Å². The average Bonchev–Trinajstić information content (AvgIpc) is 3.10. The van der Waals surface area contributed by atoms with Crippen LogP contribution in [0.4, 0.5) is 0 Å². The smallest absolute Gasteiger partial charge is 0.282 e. The Labute approximate surface area is 174 Å². The van der Waals surface area contributed by atoms with Crippen LogP contribution in [0.3, 0.4) is 0 Å². The van der Waals surface area contributed by atoms with Gasteiger partial charge < -0.3 is 14.3 Å². The summed E-state index contributed by atoms with van der Waals surface area (Å²) in [6.45, 7) is 4.61. The molecular weight excluding hydrogens is 382 g/mol. The zero-order chi connectivity index (χ0) is 21.1. The summed E-state index contributed by atoms with van der Waals surface area (Å²) in [4.78, 5) is 21.7. The van der Waals surface area contributed by atoms with Crippen molar-refractivity contribution in [3.63, 3.8) is 0 Å². The monoisotopic (exact) mass is 403 g/mol. The van der Waals surface area contributed by atoms with E-state index in [1.165, 1.54) is 5.06 Å². The van der Waals surface area contributed by atoms with Crippen molar-refractivity contribution in [2.75, 3.05) is 13.2 Å². The number of hydroxylamine groups is 2. The van der Waals surface area contributed by atoms with Gasteiger partial charge >= 0.3 is 0 Å². The number of amidine groups is 2. The molecule has 2 heterocycles. The molecule has 0 aromatic heterocycles. The zero-order valence-electron chi connectivity index (χ0n) is 16.7. The minimum Gasteiger partial charge on any atom is -0.490 e. The van der Waals surface area contributed by atoms with Crippen LogP contribution in [-0.2, 0) is 9.63 Å². The van der Waals surface area contributed by atoms with Gasteiger partial charge in [0.05, 0.1) is 5.57 Å². The number of carbonyl (C=O) groups excluding carboxylic acids is 1. The normalized spacial score (nSPS) is 16.7. The number of allylic oxidation sites excluding steroid dienone is 1. The molecule has 0 saturated heterocycles. The van der Waals surface area contributed by atoms with Gasteiger partial charge in [-0.15, -0.1) is 5.06 Å². The Morgan fingerprint density at radius 3 is 2.53 bits per heavy atom. The predicted molar refractivity (Wildman–Crippen MR) is 113 cm³/mol. The minimum atomic E-state index is -0.463. The highest BCUT2D eigenvalue weighted by Gasteiger charge is 2.34. The maximum atomic E-state index is 12.3. The number of nitrogens with one attached hydrogen (secondary N) is 1. The van der Waals surface area contributed by atoms with Gasteiger partial charge in [-0.05, 0) is 55.3 Å². The molecule has 30 heavy (non-hydrogen) atoms. The minimum absolute atomic E-state index is 0.0354. The fraction of sp³-hybridized carbons (Fsp3) is 0.174. The molecule has 0 unspecified atom stereocenters. The van der Waals surface area contributed by atoms with Crippen LogP contribution in [0.2, 0.25) is 0 Å². The van der Waals surface area contributed by atoms with Crippen LogP contribution in [-0.4, -0.2) is 35.9 Å². The topological polar surface area (TPSA) is 84.2 Å². The summed E-state index contributed by atoms with van der Waals surface area (Å²) in [5.74, 6) is 1.93. The number of rotatable bonds is 6. The number of amides is 1. The van der Waals surface area contributed by atoms with Crippen LogP contribution in [0.25, 0.3) is 6.08 Å². The Kier molecular flexibility index (Phi) is 5.34. The molecule has 0 radical (unpaired) electrons. The third kappa shape index (κ3) is 4.25. The van der Waals surface area contributed by atoms with Gasteiger partial charge in [0.15, 0.2) is 11.7 Å². The largest absolute Gasteiger partial charge is 0.490 e. The van der Waals surface area contributed by atoms with Crippen molar-refractivity contribution < 1.29 is 19.1 Å². The Morgan fingerprint density at radius 2 is 1.80 bits per heavy atom. The summed E-state index contributed by atoms with van der Waals surface area (Å²) in [5.41, 5.74) is 2.07. The van der Waals surface area contributed by atoms with E-state index in [9.17, 15) is 4.79 Å². The summed E-state index contributed by atoms with van der Waals surface area (Å²) in [6.07, 6.45) is 3.24. The third-order valence-corrected chi connectivity index (χ3v) is 4.48. The molecule has 1 amide bonds. The first-order chi connectivity index (χ1) is 14.5. The van der Waals surface area contributed by atoms with E-state index in [2.05, 4.69) is 4.99 Å². The van der Waals surface area contributed by atoms with E-state index < -0.39 is 5.91 Å². The van der Waals surface area contributed by atoms with Gasteiger partial charge in [-0.25, -0.2) is 0 Å². The summed E-state index contributed by atoms with van der Waals surface area (Å²) >= 11 is 0. The van der Waals surface area contributed by atoms with Crippen LogP contribution >= 0.6 is 0 Å². The van der Waals surface area contributed by atoms with Crippen molar-refractivity contribution in [3.05, 3.63) is 77.1 Å². The lowest BCUT2D eigenvalue weighted by Crippen LogP contribution is -2.38. The third-order valence-electron chi connectivity index (χ3n) is 4.48. The number of nitrogens with zero attached hydrogens (tertiary/aromatic N) is 2. The van der Waals surface area contributed by atoms with Crippen LogP contribution < -0.4 is 9.47 Å². The number of carbonyl (C=O) groups is 1. The maximum absolute atomic E-state index is 12.3. The molecule has 2 aromatic rings. The average molecular weight is 403 g/mol. The molecular formula is C23H21N3O4. The van der Waals surface area contributed by atoms with Crippen molar-refractivity contribution in [1.29, 1.82) is 5.41 Å². The SMILES string of the molecule is CC1=CC2=NC(=O)/C(=C/c3ccc(OCCOc4cccc(C)c4)cc3)C(=N)N2O1. The summed E-state index contributed by atoms with van der Waals surface area (Å²) in [6, 6.07) is 15.1. The summed E-state index contributed by atoms with van der Waals surface area (Å²) < 4.78 is 11.4. The fourth-order valence-corrected chi connectivity index (χ4v) is 3.05. The summed E-state index contributed by atoms with van der Waals surface area (Å²) in [5, 5.41) is 9.49. The quantitative estimate of drug-likeness (QED) is 0.584. The van der Waals surface area contributed by atoms with Gasteiger partial charge in [-0.2, -0.15) is 4.99 Å². The zero-order valence-corrected chi connectivity index (χ0v) is 16.7. The van der Waals surface area contributed by atoms with Gasteiger partial charge in [0, 0.05) is 6.08 Å².